The monoisotopic (exact) mass is 310 g/mol. The summed E-state index contributed by atoms with van der Waals surface area (Å²) in [5, 5.41) is 7.25. The van der Waals surface area contributed by atoms with Crippen molar-refractivity contribution in [3.63, 3.8) is 0 Å². The lowest BCUT2D eigenvalue weighted by Gasteiger charge is -2.27. The second kappa shape index (κ2) is 8.89. The smallest absolute Gasteiger partial charge is 0.0944 e. The van der Waals surface area contributed by atoms with Crippen molar-refractivity contribution in [2.45, 2.75) is 85.1 Å². The minimum Gasteiger partial charge on any atom is -0.314 e. The molecule has 0 aliphatic heterocycles. The Bertz CT molecular complexity index is 386. The highest BCUT2D eigenvalue weighted by Crippen LogP contribution is 2.26. The van der Waals surface area contributed by atoms with E-state index in [9.17, 15) is 0 Å². The predicted octanol–water partition coefficient (Wildman–Crippen LogP) is 5.18. The number of rotatable bonds is 9. The Labute approximate surface area is 135 Å². The minimum atomic E-state index is 0.161. The van der Waals surface area contributed by atoms with Crippen LogP contribution in [0.4, 0.5) is 0 Å². The van der Waals surface area contributed by atoms with Gasteiger partial charge in [0.2, 0.25) is 0 Å². The summed E-state index contributed by atoms with van der Waals surface area (Å²) in [5.74, 6) is 0.780. The molecule has 0 radical (unpaired) electrons. The van der Waals surface area contributed by atoms with Gasteiger partial charge in [-0.1, -0.05) is 54.4 Å². The number of likely N-dealkylation sites (N-methyl/N-ethyl adjacent to an activating group) is 1. The van der Waals surface area contributed by atoms with Gasteiger partial charge in [-0.05, 0) is 25.3 Å². The number of aromatic nitrogens is 1. The fourth-order valence-corrected chi connectivity index (χ4v) is 3.97. The highest BCUT2D eigenvalue weighted by atomic mass is 32.1. The van der Waals surface area contributed by atoms with Crippen molar-refractivity contribution in [1.82, 2.24) is 10.3 Å². The number of nitrogens with zero attached hydrogens (tertiary/aromatic N) is 1. The molecule has 3 heteroatoms. The van der Waals surface area contributed by atoms with Crippen LogP contribution < -0.4 is 5.32 Å². The third kappa shape index (κ3) is 6.07. The topological polar surface area (TPSA) is 24.9 Å². The highest BCUT2D eigenvalue weighted by Gasteiger charge is 2.23. The number of hydrogen-bond acceptors (Lipinski definition) is 3. The summed E-state index contributed by atoms with van der Waals surface area (Å²) < 4.78 is 0. The molecule has 21 heavy (non-hydrogen) atoms. The average molecular weight is 311 g/mol. The Kier molecular flexibility index (Phi) is 7.89. The molecule has 0 aliphatic rings. The van der Waals surface area contributed by atoms with E-state index < -0.39 is 0 Å². The lowest BCUT2D eigenvalue weighted by atomic mass is 9.88. The summed E-state index contributed by atoms with van der Waals surface area (Å²) in [7, 11) is 0. The van der Waals surface area contributed by atoms with Gasteiger partial charge in [-0.3, -0.25) is 0 Å². The molecule has 1 unspecified atom stereocenters. The second-order valence-corrected chi connectivity index (χ2v) is 8.02. The summed E-state index contributed by atoms with van der Waals surface area (Å²) in [5.41, 5.74) is 1.40. The standard InChI is InChI=1S/C18H34N2S/c1-7-10-14(11-8-2)15(19-9-3)12-17-20-16(13-21-17)18(4,5)6/h13-15,19H,7-12H2,1-6H3. The molecule has 1 heterocycles. The van der Waals surface area contributed by atoms with Crippen LogP contribution >= 0.6 is 11.3 Å². The van der Waals surface area contributed by atoms with Gasteiger partial charge < -0.3 is 5.32 Å². The van der Waals surface area contributed by atoms with E-state index in [2.05, 4.69) is 52.2 Å². The molecule has 0 aliphatic carbocycles. The van der Waals surface area contributed by atoms with Gasteiger partial charge in [0.05, 0.1) is 10.7 Å². The Morgan fingerprint density at radius 3 is 2.19 bits per heavy atom. The molecule has 1 atom stereocenters. The molecule has 1 rings (SSSR count). The first kappa shape index (κ1) is 18.6. The highest BCUT2D eigenvalue weighted by molar-refractivity contribution is 7.09. The molecular formula is C18H34N2S. The van der Waals surface area contributed by atoms with Gasteiger partial charge in [0.25, 0.3) is 0 Å². The third-order valence-corrected chi connectivity index (χ3v) is 4.94. The molecule has 0 bridgehead atoms. The van der Waals surface area contributed by atoms with Crippen LogP contribution in [0.2, 0.25) is 0 Å². The number of thiazole rings is 1. The van der Waals surface area contributed by atoms with Crippen LogP contribution in [0.3, 0.4) is 0 Å². The van der Waals surface area contributed by atoms with Crippen molar-refractivity contribution in [3.8, 4) is 0 Å². The number of hydrogen-bond donors (Lipinski definition) is 1. The molecule has 2 nitrogen and oxygen atoms in total. The van der Waals surface area contributed by atoms with Gasteiger partial charge in [0.1, 0.15) is 0 Å². The van der Waals surface area contributed by atoms with Crippen molar-refractivity contribution in [1.29, 1.82) is 0 Å². The Hall–Kier alpha value is -0.410. The Morgan fingerprint density at radius 2 is 1.76 bits per heavy atom. The molecule has 1 aromatic rings. The van der Waals surface area contributed by atoms with Crippen LogP contribution in [-0.4, -0.2) is 17.6 Å². The van der Waals surface area contributed by atoms with Crippen molar-refractivity contribution in [3.05, 3.63) is 16.1 Å². The Morgan fingerprint density at radius 1 is 1.14 bits per heavy atom. The average Bonchev–Trinajstić information content (AvgIpc) is 2.86. The lowest BCUT2D eigenvalue weighted by Crippen LogP contribution is -2.38. The zero-order chi connectivity index (χ0) is 15.9. The van der Waals surface area contributed by atoms with Gasteiger partial charge in [-0.15, -0.1) is 11.3 Å². The summed E-state index contributed by atoms with van der Waals surface area (Å²) in [6.45, 7) is 14.6. The molecule has 122 valence electrons. The maximum Gasteiger partial charge on any atom is 0.0944 e. The van der Waals surface area contributed by atoms with Crippen molar-refractivity contribution in [2.75, 3.05) is 6.54 Å². The van der Waals surface area contributed by atoms with E-state index in [1.807, 2.05) is 11.3 Å². The van der Waals surface area contributed by atoms with Crippen molar-refractivity contribution < 1.29 is 0 Å². The maximum absolute atomic E-state index is 4.88. The lowest BCUT2D eigenvalue weighted by molar-refractivity contribution is 0.312. The molecule has 1 N–H and O–H groups in total. The van der Waals surface area contributed by atoms with Gasteiger partial charge in [-0.25, -0.2) is 4.98 Å². The van der Waals surface area contributed by atoms with Crippen LogP contribution in [0.1, 0.15) is 77.9 Å². The maximum atomic E-state index is 4.88. The zero-order valence-corrected chi connectivity index (χ0v) is 15.6. The van der Waals surface area contributed by atoms with E-state index in [-0.39, 0.29) is 5.41 Å². The van der Waals surface area contributed by atoms with Gasteiger partial charge in [0.15, 0.2) is 0 Å². The SMILES string of the molecule is CCCC(CCC)C(Cc1nc(C(C)(C)C)cs1)NCC. The molecule has 1 aromatic heterocycles. The first-order valence-corrected chi connectivity index (χ1v) is 9.48. The second-order valence-electron chi connectivity index (χ2n) is 7.08. The Balaban J connectivity index is 2.79. The fraction of sp³-hybridized carbons (Fsp3) is 0.833. The normalized spacial score (nSPS) is 13.9. The van der Waals surface area contributed by atoms with E-state index >= 15 is 0 Å². The summed E-state index contributed by atoms with van der Waals surface area (Å²) in [6, 6.07) is 0.578. The van der Waals surface area contributed by atoms with Crippen LogP contribution in [0.25, 0.3) is 0 Å². The van der Waals surface area contributed by atoms with Gasteiger partial charge in [0, 0.05) is 23.3 Å². The molecule has 0 amide bonds. The molecule has 0 saturated heterocycles. The molecular weight excluding hydrogens is 276 g/mol. The molecule has 0 fully saturated rings. The fourth-order valence-electron chi connectivity index (χ4n) is 2.89. The third-order valence-electron chi connectivity index (χ3n) is 4.07. The van der Waals surface area contributed by atoms with Crippen LogP contribution in [-0.2, 0) is 11.8 Å². The van der Waals surface area contributed by atoms with Gasteiger partial charge in [-0.2, -0.15) is 0 Å². The van der Waals surface area contributed by atoms with Crippen LogP contribution in [0.5, 0.6) is 0 Å². The van der Waals surface area contributed by atoms with Crippen molar-refractivity contribution in [2.24, 2.45) is 5.92 Å². The van der Waals surface area contributed by atoms with E-state index in [1.165, 1.54) is 36.4 Å². The van der Waals surface area contributed by atoms with E-state index in [0.717, 1.165) is 18.9 Å². The summed E-state index contributed by atoms with van der Waals surface area (Å²) in [4.78, 5) is 4.88. The van der Waals surface area contributed by atoms with Crippen LogP contribution in [0.15, 0.2) is 5.38 Å². The first-order valence-electron chi connectivity index (χ1n) is 8.60. The van der Waals surface area contributed by atoms with E-state index in [4.69, 9.17) is 4.98 Å². The van der Waals surface area contributed by atoms with Gasteiger partial charge >= 0.3 is 0 Å². The van der Waals surface area contributed by atoms with E-state index in [1.54, 1.807) is 0 Å². The predicted molar refractivity (Wildman–Crippen MR) is 95.3 cm³/mol. The van der Waals surface area contributed by atoms with Crippen molar-refractivity contribution >= 4 is 11.3 Å². The number of nitrogens with one attached hydrogen (secondary N) is 1. The van der Waals surface area contributed by atoms with E-state index in [0.29, 0.717) is 6.04 Å². The van der Waals surface area contributed by atoms with Crippen LogP contribution in [0, 0.1) is 5.92 Å². The zero-order valence-electron chi connectivity index (χ0n) is 14.8. The molecule has 0 aromatic carbocycles. The summed E-state index contributed by atoms with van der Waals surface area (Å²) >= 11 is 1.83. The largest absolute Gasteiger partial charge is 0.314 e. The molecule has 0 saturated carbocycles. The quantitative estimate of drug-likeness (QED) is 0.680. The summed E-state index contributed by atoms with van der Waals surface area (Å²) in [6.07, 6.45) is 6.28. The minimum absolute atomic E-state index is 0.161. The molecule has 0 spiro atoms. The first-order chi connectivity index (χ1) is 9.92.